The van der Waals surface area contributed by atoms with Crippen LogP contribution in [0, 0.1) is 23.7 Å². The Morgan fingerprint density at radius 1 is 0.864 bits per heavy atom. The summed E-state index contributed by atoms with van der Waals surface area (Å²) in [5, 5.41) is 10.7. The van der Waals surface area contributed by atoms with Gasteiger partial charge in [0.15, 0.2) is 5.65 Å². The van der Waals surface area contributed by atoms with Gasteiger partial charge in [-0.2, -0.15) is 5.10 Å². The summed E-state index contributed by atoms with van der Waals surface area (Å²) in [6.45, 7) is 5.91. The van der Waals surface area contributed by atoms with E-state index >= 15 is 0 Å². The number of para-hydroxylation sites is 1. The molecule has 0 aliphatic carbocycles. The molecular formula is C49H49N11O6. The summed E-state index contributed by atoms with van der Waals surface area (Å²) in [5.74, 6) is 12.8. The highest BCUT2D eigenvalue weighted by Gasteiger charge is 2.39. The summed E-state index contributed by atoms with van der Waals surface area (Å²) >= 11 is 0. The van der Waals surface area contributed by atoms with Gasteiger partial charge in [0.2, 0.25) is 23.6 Å². The molecule has 0 radical (unpaired) electrons. The zero-order valence-electron chi connectivity index (χ0n) is 36.4. The number of nitrogens with one attached hydrogen (secondary N) is 2. The molecule has 3 saturated heterocycles. The Hall–Kier alpha value is -7.60. The number of hydrogen-bond donors (Lipinski definition) is 3. The summed E-state index contributed by atoms with van der Waals surface area (Å²) in [7, 11) is 0. The number of imide groups is 1. The SMILES string of the molecule is Nc1ncnc2c1c(-c1ccc(Oc3ccccc3)cc1)nn2[C@@H]1CCCN(C(=O)CC(=O)NCC#CCN2CCN(CC#Cc3ccc4c(c3)CN(C3CCC(=O)NC3=O)C4=O)CC2)C1. The monoisotopic (exact) mass is 887 g/mol. The standard InChI is InChI=1S/C49H49N11O6/c50-46-44-45(34-13-15-38(16-14-34)66-37-10-2-1-3-11-37)55-60(47(44)53-32-52-46)36-9-7-23-58(31-36)43(63)29-42(62)51-20-4-5-21-56-24-26-57(27-25-56)22-6-8-33-12-17-39-35(28-33)30-59(49(39)65)40-18-19-41(61)54-48(40)64/h1-3,10-17,28,32,36,40H,7,9,18-27,29-31H2,(H,51,62)(H2,50,52,53)(H,54,61,64)/t36-,40?/m1/s1. The molecule has 6 heterocycles. The number of benzene rings is 3. The van der Waals surface area contributed by atoms with E-state index in [-0.39, 0.29) is 49.1 Å². The Labute approximate surface area is 381 Å². The molecule has 4 aliphatic rings. The normalized spacial score (nSPS) is 18.8. The molecule has 9 rings (SSSR count). The molecule has 4 aliphatic heterocycles. The fourth-order valence-electron chi connectivity index (χ4n) is 8.83. The van der Waals surface area contributed by atoms with Gasteiger partial charge in [0, 0.05) is 68.9 Å². The first-order valence-corrected chi connectivity index (χ1v) is 22.2. The molecule has 1 unspecified atom stereocenters. The van der Waals surface area contributed by atoms with Crippen LogP contribution < -0.4 is 21.1 Å². The molecule has 3 aromatic carbocycles. The van der Waals surface area contributed by atoms with Crippen molar-refractivity contribution in [1.82, 2.24) is 50.0 Å². The van der Waals surface area contributed by atoms with Crippen LogP contribution in [-0.2, 0) is 25.7 Å². The van der Waals surface area contributed by atoms with Crippen molar-refractivity contribution in [3.05, 3.63) is 95.8 Å². The van der Waals surface area contributed by atoms with E-state index in [9.17, 15) is 24.0 Å². The number of aromatic nitrogens is 4. The lowest BCUT2D eigenvalue weighted by Gasteiger charge is -2.33. The number of nitrogens with zero attached hydrogens (tertiary/aromatic N) is 8. The molecule has 17 heteroatoms. The van der Waals surface area contributed by atoms with Crippen molar-refractivity contribution in [3.8, 4) is 46.4 Å². The van der Waals surface area contributed by atoms with Gasteiger partial charge in [-0.3, -0.25) is 39.1 Å². The number of likely N-dealkylation sites (tertiary alicyclic amines) is 1. The second kappa shape index (κ2) is 19.6. The van der Waals surface area contributed by atoms with E-state index in [1.54, 1.807) is 11.0 Å². The van der Waals surface area contributed by atoms with Gasteiger partial charge in [-0.1, -0.05) is 41.9 Å². The van der Waals surface area contributed by atoms with Gasteiger partial charge in [0.05, 0.1) is 31.1 Å². The first kappa shape index (κ1) is 43.6. The predicted octanol–water partition coefficient (Wildman–Crippen LogP) is 2.97. The molecule has 5 aromatic rings. The van der Waals surface area contributed by atoms with Crippen LogP contribution in [0.3, 0.4) is 0 Å². The number of fused-ring (bicyclic) bond motifs is 2. The molecule has 0 spiro atoms. The third kappa shape index (κ3) is 9.87. The second-order valence-corrected chi connectivity index (χ2v) is 16.8. The Morgan fingerprint density at radius 2 is 1.62 bits per heavy atom. The molecule has 5 amide bonds. The van der Waals surface area contributed by atoms with Crippen LogP contribution in [0.5, 0.6) is 11.5 Å². The number of rotatable bonds is 10. The molecule has 3 fully saturated rings. The summed E-state index contributed by atoms with van der Waals surface area (Å²) in [6, 6.07) is 21.8. The van der Waals surface area contributed by atoms with E-state index in [1.807, 2.05) is 71.4 Å². The number of ether oxygens (including phenoxy) is 1. The van der Waals surface area contributed by atoms with Crippen LogP contribution in [0.25, 0.3) is 22.3 Å². The Morgan fingerprint density at radius 3 is 2.39 bits per heavy atom. The van der Waals surface area contributed by atoms with Gasteiger partial charge in [0.1, 0.15) is 41.8 Å². The highest BCUT2D eigenvalue weighted by Crippen LogP contribution is 2.35. The quantitative estimate of drug-likeness (QED) is 0.105. The predicted molar refractivity (Wildman–Crippen MR) is 244 cm³/mol. The van der Waals surface area contributed by atoms with Crippen molar-refractivity contribution in [2.75, 3.05) is 64.6 Å². The molecule has 66 heavy (non-hydrogen) atoms. The van der Waals surface area contributed by atoms with Crippen molar-refractivity contribution in [3.63, 3.8) is 0 Å². The Bertz CT molecular complexity index is 2800. The molecule has 4 N–H and O–H groups in total. The topological polar surface area (TPSA) is 201 Å². The summed E-state index contributed by atoms with van der Waals surface area (Å²) in [4.78, 5) is 79.7. The maximum Gasteiger partial charge on any atom is 0.255 e. The number of carbonyl (C=O) groups is 5. The number of hydrogen-bond acceptors (Lipinski definition) is 12. The number of piperazine rings is 1. The first-order valence-electron chi connectivity index (χ1n) is 22.2. The van der Waals surface area contributed by atoms with E-state index in [0.717, 1.165) is 61.5 Å². The average Bonchev–Trinajstić information content (AvgIpc) is 3.88. The number of nitrogens with two attached hydrogens (primary N) is 1. The van der Waals surface area contributed by atoms with Gasteiger partial charge < -0.3 is 25.6 Å². The highest BCUT2D eigenvalue weighted by molar-refractivity contribution is 6.05. The van der Waals surface area contributed by atoms with Gasteiger partial charge in [-0.05, 0) is 79.4 Å². The fourth-order valence-corrected chi connectivity index (χ4v) is 8.83. The minimum Gasteiger partial charge on any atom is -0.457 e. The van der Waals surface area contributed by atoms with Gasteiger partial charge in [-0.15, -0.1) is 0 Å². The molecule has 17 nitrogen and oxygen atoms in total. The summed E-state index contributed by atoms with van der Waals surface area (Å²) in [6.07, 6.45) is 3.21. The molecule has 336 valence electrons. The zero-order chi connectivity index (χ0) is 45.6. The first-order chi connectivity index (χ1) is 32.2. The van der Waals surface area contributed by atoms with Crippen molar-refractivity contribution in [2.24, 2.45) is 0 Å². The lowest BCUT2D eigenvalue weighted by Crippen LogP contribution is -2.52. The maximum atomic E-state index is 13.4. The van der Waals surface area contributed by atoms with Crippen LogP contribution in [0.15, 0.2) is 79.1 Å². The smallest absolute Gasteiger partial charge is 0.255 e. The number of piperidine rings is 2. The number of amides is 5. The third-order valence-corrected chi connectivity index (χ3v) is 12.4. The summed E-state index contributed by atoms with van der Waals surface area (Å²) in [5.41, 5.74) is 10.6. The van der Waals surface area contributed by atoms with E-state index in [4.69, 9.17) is 15.6 Å². The van der Waals surface area contributed by atoms with Crippen LogP contribution in [-0.4, -0.2) is 134 Å². The van der Waals surface area contributed by atoms with Crippen molar-refractivity contribution >= 4 is 46.4 Å². The van der Waals surface area contributed by atoms with Gasteiger partial charge in [0.25, 0.3) is 5.91 Å². The highest BCUT2D eigenvalue weighted by atomic mass is 16.5. The zero-order valence-corrected chi connectivity index (χ0v) is 36.4. The molecule has 2 aromatic heterocycles. The van der Waals surface area contributed by atoms with Crippen molar-refractivity contribution in [1.29, 1.82) is 0 Å². The van der Waals surface area contributed by atoms with E-state index in [0.29, 0.717) is 73.0 Å². The lowest BCUT2D eigenvalue weighted by atomic mass is 10.0. The molecule has 0 bridgehead atoms. The third-order valence-electron chi connectivity index (χ3n) is 12.4. The minimum absolute atomic E-state index is 0.151. The van der Waals surface area contributed by atoms with Crippen LogP contribution in [0.4, 0.5) is 5.82 Å². The van der Waals surface area contributed by atoms with Crippen LogP contribution >= 0.6 is 0 Å². The lowest BCUT2D eigenvalue weighted by molar-refractivity contribution is -0.138. The number of anilines is 1. The van der Waals surface area contributed by atoms with Crippen LogP contribution in [0.1, 0.15) is 59.6 Å². The Balaban J connectivity index is 0.704. The maximum absolute atomic E-state index is 13.4. The van der Waals surface area contributed by atoms with Crippen molar-refractivity contribution in [2.45, 2.75) is 50.7 Å². The van der Waals surface area contributed by atoms with Gasteiger partial charge >= 0.3 is 0 Å². The molecule has 0 saturated carbocycles. The Kier molecular flexibility index (Phi) is 13.0. The molecular weight excluding hydrogens is 839 g/mol. The minimum atomic E-state index is -0.644. The largest absolute Gasteiger partial charge is 0.457 e. The number of nitrogen functional groups attached to an aromatic ring is 1. The van der Waals surface area contributed by atoms with E-state index in [1.165, 1.54) is 11.2 Å². The van der Waals surface area contributed by atoms with Gasteiger partial charge in [-0.25, -0.2) is 14.6 Å². The molecule has 2 atom stereocenters. The average molecular weight is 888 g/mol. The summed E-state index contributed by atoms with van der Waals surface area (Å²) < 4.78 is 7.81. The van der Waals surface area contributed by atoms with Crippen LogP contribution in [0.2, 0.25) is 0 Å². The fraction of sp³-hybridized carbons (Fsp3) is 0.347. The second-order valence-electron chi connectivity index (χ2n) is 16.8. The van der Waals surface area contributed by atoms with E-state index in [2.05, 4.69) is 54.1 Å². The van der Waals surface area contributed by atoms with E-state index < -0.39 is 11.9 Å². The van der Waals surface area contributed by atoms with Crippen molar-refractivity contribution < 1.29 is 28.7 Å². The number of carbonyl (C=O) groups excluding carboxylic acids is 5.